The fraction of sp³-hybridized carbons (Fsp3) is 0.615. The third kappa shape index (κ3) is 1.84. The van der Waals surface area contributed by atoms with E-state index in [1.165, 1.54) is 43.4 Å². The van der Waals surface area contributed by atoms with Crippen molar-refractivity contribution in [2.75, 3.05) is 12.3 Å². The number of nitrogens with two attached hydrogens (primary N) is 1. The van der Waals surface area contributed by atoms with Crippen molar-refractivity contribution in [3.8, 4) is 0 Å². The zero-order valence-corrected chi connectivity index (χ0v) is 10.7. The van der Waals surface area contributed by atoms with Crippen molar-refractivity contribution in [2.24, 2.45) is 5.92 Å². The third-order valence-corrected chi connectivity index (χ3v) is 5.08. The molecule has 2 fully saturated rings. The van der Waals surface area contributed by atoms with Crippen molar-refractivity contribution in [3.63, 3.8) is 0 Å². The van der Waals surface area contributed by atoms with E-state index in [1.807, 2.05) is 11.4 Å². The molecule has 0 bridgehead atoms. The largest absolute Gasteiger partial charge is 0.397 e. The number of anilines is 1. The van der Waals surface area contributed by atoms with Crippen LogP contribution in [0.1, 0.15) is 41.8 Å². The van der Waals surface area contributed by atoms with Gasteiger partial charge in [0.1, 0.15) is 4.88 Å². The number of carbonyl (C=O) groups excluding carboxylic acids is 1. The van der Waals surface area contributed by atoms with Gasteiger partial charge < -0.3 is 10.6 Å². The van der Waals surface area contributed by atoms with Gasteiger partial charge in [0.2, 0.25) is 0 Å². The van der Waals surface area contributed by atoms with E-state index in [2.05, 4.69) is 4.90 Å². The van der Waals surface area contributed by atoms with E-state index in [0.29, 0.717) is 11.7 Å². The molecule has 3 rings (SSSR count). The van der Waals surface area contributed by atoms with Crippen molar-refractivity contribution in [2.45, 2.75) is 38.1 Å². The number of nitrogen functional groups attached to an aromatic ring is 1. The highest BCUT2D eigenvalue weighted by Gasteiger charge is 2.38. The molecular formula is C13H18N2OS. The molecule has 2 aliphatic rings. The van der Waals surface area contributed by atoms with Crippen molar-refractivity contribution in [3.05, 3.63) is 16.3 Å². The zero-order valence-electron chi connectivity index (χ0n) is 9.89. The second kappa shape index (κ2) is 4.33. The lowest BCUT2D eigenvalue weighted by Gasteiger charge is -2.31. The lowest BCUT2D eigenvalue weighted by Crippen LogP contribution is -2.39. The van der Waals surface area contributed by atoms with Gasteiger partial charge in [-0.15, -0.1) is 11.3 Å². The average Bonchev–Trinajstić information content (AvgIpc) is 2.94. The molecule has 1 aliphatic carbocycles. The van der Waals surface area contributed by atoms with Crippen LogP contribution in [0, 0.1) is 5.92 Å². The van der Waals surface area contributed by atoms with Crippen molar-refractivity contribution in [1.82, 2.24) is 4.90 Å². The van der Waals surface area contributed by atoms with Crippen LogP contribution < -0.4 is 5.73 Å². The number of thiophene rings is 1. The van der Waals surface area contributed by atoms with Gasteiger partial charge in [-0.2, -0.15) is 0 Å². The summed E-state index contributed by atoms with van der Waals surface area (Å²) in [5, 5.41) is 1.90. The molecule has 92 valence electrons. The monoisotopic (exact) mass is 250 g/mol. The Labute approximate surface area is 106 Å². The van der Waals surface area contributed by atoms with E-state index in [1.54, 1.807) is 0 Å². The van der Waals surface area contributed by atoms with E-state index in [9.17, 15) is 4.79 Å². The Bertz CT molecular complexity index is 429. The maximum atomic E-state index is 12.4. The highest BCUT2D eigenvalue weighted by molar-refractivity contribution is 7.12. The van der Waals surface area contributed by atoms with E-state index in [0.717, 1.165) is 17.3 Å². The van der Waals surface area contributed by atoms with Gasteiger partial charge in [0.15, 0.2) is 0 Å². The molecule has 1 aromatic rings. The second-order valence-corrected chi connectivity index (χ2v) is 6.02. The summed E-state index contributed by atoms with van der Waals surface area (Å²) >= 11 is 1.47. The molecule has 0 radical (unpaired) electrons. The van der Waals surface area contributed by atoms with Crippen LogP contribution in [0.4, 0.5) is 5.69 Å². The fourth-order valence-corrected chi connectivity index (χ4v) is 4.05. The average molecular weight is 250 g/mol. The number of carbonyl (C=O) groups is 1. The number of nitrogens with zero attached hydrogens (tertiary/aromatic N) is 1. The lowest BCUT2D eigenvalue weighted by molar-refractivity contribution is 0.0696. The minimum absolute atomic E-state index is 0.159. The smallest absolute Gasteiger partial charge is 0.266 e. The highest BCUT2D eigenvalue weighted by Crippen LogP contribution is 2.37. The van der Waals surface area contributed by atoms with Crippen LogP contribution in [-0.2, 0) is 0 Å². The van der Waals surface area contributed by atoms with Crippen LogP contribution in [0.5, 0.6) is 0 Å². The summed E-state index contributed by atoms with van der Waals surface area (Å²) < 4.78 is 0. The summed E-state index contributed by atoms with van der Waals surface area (Å²) in [7, 11) is 0. The van der Waals surface area contributed by atoms with Crippen LogP contribution in [0.3, 0.4) is 0 Å². The molecule has 1 amide bonds. The van der Waals surface area contributed by atoms with Crippen LogP contribution in [0.2, 0.25) is 0 Å². The van der Waals surface area contributed by atoms with Crippen LogP contribution in [0.25, 0.3) is 0 Å². The molecule has 1 saturated carbocycles. The fourth-order valence-electron chi connectivity index (χ4n) is 3.28. The molecule has 2 N–H and O–H groups in total. The Hall–Kier alpha value is -1.03. The summed E-state index contributed by atoms with van der Waals surface area (Å²) in [6.45, 7) is 0.922. The Kier molecular flexibility index (Phi) is 2.82. The quantitative estimate of drug-likeness (QED) is 0.833. The molecule has 1 aliphatic heterocycles. The molecule has 0 aromatic carbocycles. The molecule has 1 aromatic heterocycles. The van der Waals surface area contributed by atoms with Crippen LogP contribution in [-0.4, -0.2) is 23.4 Å². The summed E-state index contributed by atoms with van der Waals surface area (Å²) in [6.07, 6.45) is 6.27. The van der Waals surface area contributed by atoms with Crippen molar-refractivity contribution in [1.29, 1.82) is 0 Å². The molecule has 2 heterocycles. The van der Waals surface area contributed by atoms with Crippen molar-refractivity contribution < 1.29 is 4.79 Å². The molecule has 2 atom stereocenters. The molecular weight excluding hydrogens is 232 g/mol. The zero-order chi connectivity index (χ0) is 11.8. The van der Waals surface area contributed by atoms with E-state index >= 15 is 0 Å². The predicted octanol–water partition coefficient (Wildman–Crippen LogP) is 2.74. The van der Waals surface area contributed by atoms with Crippen molar-refractivity contribution >= 4 is 22.9 Å². The first-order valence-electron chi connectivity index (χ1n) is 6.41. The molecule has 4 heteroatoms. The standard InChI is InChI=1S/C13H18N2OS/c14-10-6-8-17-12(10)13(16)15-7-5-9-3-1-2-4-11(9)15/h6,8-9,11H,1-5,7,14H2. The molecule has 0 spiro atoms. The summed E-state index contributed by atoms with van der Waals surface area (Å²) in [4.78, 5) is 15.2. The number of hydrogen-bond donors (Lipinski definition) is 1. The minimum atomic E-state index is 0.159. The van der Waals surface area contributed by atoms with Gasteiger partial charge in [-0.1, -0.05) is 12.8 Å². The maximum Gasteiger partial charge on any atom is 0.266 e. The van der Waals surface area contributed by atoms with Gasteiger partial charge in [0.05, 0.1) is 5.69 Å². The Morgan fingerprint density at radius 1 is 1.35 bits per heavy atom. The van der Waals surface area contributed by atoms with Gasteiger partial charge in [-0.25, -0.2) is 0 Å². The maximum absolute atomic E-state index is 12.4. The number of likely N-dealkylation sites (tertiary alicyclic amines) is 1. The highest BCUT2D eigenvalue weighted by atomic mass is 32.1. The van der Waals surface area contributed by atoms with Gasteiger partial charge in [-0.05, 0) is 36.6 Å². The Balaban J connectivity index is 1.81. The van der Waals surface area contributed by atoms with Gasteiger partial charge in [0, 0.05) is 12.6 Å². The SMILES string of the molecule is Nc1ccsc1C(=O)N1CCC2CCCCC21. The number of rotatable bonds is 1. The molecule has 2 unspecified atom stereocenters. The Morgan fingerprint density at radius 2 is 2.18 bits per heavy atom. The van der Waals surface area contributed by atoms with Gasteiger partial charge in [0.25, 0.3) is 5.91 Å². The Morgan fingerprint density at radius 3 is 2.94 bits per heavy atom. The topological polar surface area (TPSA) is 46.3 Å². The summed E-state index contributed by atoms with van der Waals surface area (Å²) in [5.41, 5.74) is 6.48. The summed E-state index contributed by atoms with van der Waals surface area (Å²) in [6, 6.07) is 2.31. The summed E-state index contributed by atoms with van der Waals surface area (Å²) in [5.74, 6) is 0.904. The third-order valence-electron chi connectivity index (χ3n) is 4.16. The first kappa shape index (κ1) is 11.1. The predicted molar refractivity (Wildman–Crippen MR) is 70.1 cm³/mol. The second-order valence-electron chi connectivity index (χ2n) is 5.10. The van der Waals surface area contributed by atoms with Gasteiger partial charge in [-0.3, -0.25) is 4.79 Å². The van der Waals surface area contributed by atoms with Crippen LogP contribution in [0.15, 0.2) is 11.4 Å². The first-order chi connectivity index (χ1) is 8.27. The first-order valence-corrected chi connectivity index (χ1v) is 7.29. The van der Waals surface area contributed by atoms with E-state index < -0.39 is 0 Å². The molecule has 17 heavy (non-hydrogen) atoms. The normalized spacial score (nSPS) is 28.1. The number of hydrogen-bond acceptors (Lipinski definition) is 3. The van der Waals surface area contributed by atoms with E-state index in [-0.39, 0.29) is 5.91 Å². The number of fused-ring (bicyclic) bond motifs is 1. The van der Waals surface area contributed by atoms with Crippen LogP contribution >= 0.6 is 11.3 Å². The lowest BCUT2D eigenvalue weighted by atomic mass is 9.85. The van der Waals surface area contributed by atoms with E-state index in [4.69, 9.17) is 5.73 Å². The molecule has 1 saturated heterocycles. The van der Waals surface area contributed by atoms with Gasteiger partial charge >= 0.3 is 0 Å². The minimum Gasteiger partial charge on any atom is -0.397 e. The molecule has 3 nitrogen and oxygen atoms in total. The number of amides is 1.